The first kappa shape index (κ1) is 14.3. The van der Waals surface area contributed by atoms with Gasteiger partial charge in [-0.2, -0.15) is 0 Å². The zero-order valence-electron chi connectivity index (χ0n) is 10.8. The molecule has 1 heterocycles. The van der Waals surface area contributed by atoms with Crippen molar-refractivity contribution in [3.05, 3.63) is 52.9 Å². The third kappa shape index (κ3) is 3.45. The molecule has 2 aromatic rings. The Morgan fingerprint density at radius 2 is 2.10 bits per heavy atom. The first-order valence-corrected chi connectivity index (χ1v) is 6.45. The summed E-state index contributed by atoms with van der Waals surface area (Å²) in [5.41, 5.74) is 0.430. The molecular weight excluding hydrogens is 281 g/mol. The number of benzene rings is 1. The number of nitrogens with one attached hydrogen (secondary N) is 2. The van der Waals surface area contributed by atoms with Crippen LogP contribution < -0.4 is 10.6 Å². The van der Waals surface area contributed by atoms with Gasteiger partial charge in [0.25, 0.3) is 5.91 Å². The number of hydrogen-bond donors (Lipinski definition) is 2. The summed E-state index contributed by atoms with van der Waals surface area (Å²) in [6.45, 7) is 2.56. The highest BCUT2D eigenvalue weighted by Gasteiger charge is 2.11. The maximum atomic E-state index is 13.5. The van der Waals surface area contributed by atoms with Gasteiger partial charge in [-0.25, -0.2) is 9.37 Å². The molecule has 4 nitrogen and oxygen atoms in total. The van der Waals surface area contributed by atoms with Gasteiger partial charge in [0, 0.05) is 12.1 Å². The number of anilines is 2. The molecule has 0 spiro atoms. The maximum Gasteiger partial charge on any atom is 0.255 e. The van der Waals surface area contributed by atoms with Gasteiger partial charge < -0.3 is 10.6 Å². The molecule has 104 valence electrons. The lowest BCUT2D eigenvalue weighted by Crippen LogP contribution is -2.14. The second-order valence-corrected chi connectivity index (χ2v) is 4.42. The Morgan fingerprint density at radius 1 is 1.35 bits per heavy atom. The summed E-state index contributed by atoms with van der Waals surface area (Å²) < 4.78 is 13.5. The SMILES string of the molecule is CCNc1cc(C(=O)Nc2ccccc2F)cc(Cl)n1. The first-order chi connectivity index (χ1) is 9.60. The van der Waals surface area contributed by atoms with Gasteiger partial charge in [-0.15, -0.1) is 0 Å². The Bertz CT molecular complexity index is 634. The molecule has 2 rings (SSSR count). The Hall–Kier alpha value is -2.14. The van der Waals surface area contributed by atoms with Crippen LogP contribution >= 0.6 is 11.6 Å². The van der Waals surface area contributed by atoms with E-state index in [1.165, 1.54) is 18.2 Å². The van der Waals surface area contributed by atoms with Gasteiger partial charge in [0.1, 0.15) is 16.8 Å². The molecule has 0 fully saturated rings. The van der Waals surface area contributed by atoms with E-state index in [-0.39, 0.29) is 10.8 Å². The van der Waals surface area contributed by atoms with Crippen molar-refractivity contribution in [2.24, 2.45) is 0 Å². The average Bonchev–Trinajstić information content (AvgIpc) is 2.41. The fraction of sp³-hybridized carbons (Fsp3) is 0.143. The highest BCUT2D eigenvalue weighted by molar-refractivity contribution is 6.30. The summed E-state index contributed by atoms with van der Waals surface area (Å²) in [5.74, 6) is -0.440. The normalized spacial score (nSPS) is 10.2. The van der Waals surface area contributed by atoms with E-state index in [2.05, 4.69) is 15.6 Å². The average molecular weight is 294 g/mol. The summed E-state index contributed by atoms with van der Waals surface area (Å²) in [5, 5.41) is 5.66. The fourth-order valence-electron chi connectivity index (χ4n) is 1.66. The molecule has 20 heavy (non-hydrogen) atoms. The van der Waals surface area contributed by atoms with Gasteiger partial charge in [0.2, 0.25) is 0 Å². The number of aromatic nitrogens is 1. The number of nitrogens with zero attached hydrogens (tertiary/aromatic N) is 1. The number of halogens is 2. The third-order valence-electron chi connectivity index (χ3n) is 2.54. The minimum absolute atomic E-state index is 0.121. The molecule has 0 aliphatic rings. The van der Waals surface area contributed by atoms with Crippen LogP contribution in [-0.2, 0) is 0 Å². The minimum Gasteiger partial charge on any atom is -0.370 e. The van der Waals surface area contributed by atoms with E-state index in [0.717, 1.165) is 0 Å². The van der Waals surface area contributed by atoms with Crippen molar-refractivity contribution in [3.8, 4) is 0 Å². The zero-order valence-corrected chi connectivity index (χ0v) is 11.5. The molecule has 0 saturated carbocycles. The molecule has 1 aromatic heterocycles. The Kier molecular flexibility index (Phi) is 4.53. The third-order valence-corrected chi connectivity index (χ3v) is 2.73. The number of hydrogen-bond acceptors (Lipinski definition) is 3. The smallest absolute Gasteiger partial charge is 0.255 e. The van der Waals surface area contributed by atoms with Gasteiger partial charge in [0.05, 0.1) is 5.69 Å². The zero-order chi connectivity index (χ0) is 14.5. The number of amides is 1. The lowest BCUT2D eigenvalue weighted by Gasteiger charge is -2.08. The van der Waals surface area contributed by atoms with Crippen LogP contribution in [0.15, 0.2) is 36.4 Å². The van der Waals surface area contributed by atoms with E-state index in [1.807, 2.05) is 6.92 Å². The highest BCUT2D eigenvalue weighted by Crippen LogP contribution is 2.18. The number of pyridine rings is 1. The molecule has 0 aliphatic carbocycles. The summed E-state index contributed by atoms with van der Waals surface area (Å²) in [6.07, 6.45) is 0. The Balaban J connectivity index is 2.23. The van der Waals surface area contributed by atoms with Crippen LogP contribution in [0.4, 0.5) is 15.9 Å². The summed E-state index contributed by atoms with van der Waals surface area (Å²) in [7, 11) is 0. The van der Waals surface area contributed by atoms with Crippen molar-refractivity contribution in [2.45, 2.75) is 6.92 Å². The second kappa shape index (κ2) is 6.34. The van der Waals surface area contributed by atoms with E-state index in [1.54, 1.807) is 18.2 Å². The van der Waals surface area contributed by atoms with E-state index < -0.39 is 11.7 Å². The van der Waals surface area contributed by atoms with Crippen molar-refractivity contribution in [2.75, 3.05) is 17.2 Å². The van der Waals surface area contributed by atoms with Gasteiger partial charge >= 0.3 is 0 Å². The lowest BCUT2D eigenvalue weighted by atomic mass is 10.2. The molecule has 0 atom stereocenters. The van der Waals surface area contributed by atoms with Gasteiger partial charge in [-0.05, 0) is 31.2 Å². The second-order valence-electron chi connectivity index (χ2n) is 4.03. The van der Waals surface area contributed by atoms with Crippen molar-refractivity contribution < 1.29 is 9.18 Å². The van der Waals surface area contributed by atoms with E-state index in [4.69, 9.17) is 11.6 Å². The van der Waals surface area contributed by atoms with Crippen molar-refractivity contribution in [3.63, 3.8) is 0 Å². The van der Waals surface area contributed by atoms with Crippen molar-refractivity contribution >= 4 is 29.0 Å². The molecule has 0 radical (unpaired) electrons. The Morgan fingerprint density at radius 3 is 2.80 bits per heavy atom. The molecule has 0 unspecified atom stereocenters. The van der Waals surface area contributed by atoms with E-state index in [9.17, 15) is 9.18 Å². The molecule has 6 heteroatoms. The number of carbonyl (C=O) groups is 1. The van der Waals surface area contributed by atoms with Crippen LogP contribution in [0.5, 0.6) is 0 Å². The quantitative estimate of drug-likeness (QED) is 0.848. The standard InChI is InChI=1S/C14H13ClFN3O/c1-2-17-13-8-9(7-12(15)19-13)14(20)18-11-6-4-3-5-10(11)16/h3-8H,2H2,1H3,(H,17,19)(H,18,20). The lowest BCUT2D eigenvalue weighted by molar-refractivity contribution is 0.102. The van der Waals surface area contributed by atoms with Crippen LogP contribution in [0.1, 0.15) is 17.3 Å². The maximum absolute atomic E-state index is 13.5. The number of rotatable bonds is 4. The molecule has 2 N–H and O–H groups in total. The molecule has 0 aliphatic heterocycles. The van der Waals surface area contributed by atoms with Gasteiger partial charge in [-0.1, -0.05) is 23.7 Å². The van der Waals surface area contributed by atoms with Crippen LogP contribution in [0, 0.1) is 5.82 Å². The van der Waals surface area contributed by atoms with Crippen molar-refractivity contribution in [1.82, 2.24) is 4.98 Å². The van der Waals surface area contributed by atoms with Gasteiger partial charge in [0.15, 0.2) is 0 Å². The monoisotopic (exact) mass is 293 g/mol. The molecule has 1 aromatic carbocycles. The number of para-hydroxylation sites is 1. The molecule has 0 saturated heterocycles. The summed E-state index contributed by atoms with van der Waals surface area (Å²) >= 11 is 5.86. The van der Waals surface area contributed by atoms with Crippen molar-refractivity contribution in [1.29, 1.82) is 0 Å². The van der Waals surface area contributed by atoms with Gasteiger partial charge in [-0.3, -0.25) is 4.79 Å². The molecular formula is C14H13ClFN3O. The number of carbonyl (C=O) groups excluding carboxylic acids is 1. The molecule has 0 bridgehead atoms. The first-order valence-electron chi connectivity index (χ1n) is 6.07. The Labute approximate surface area is 121 Å². The van der Waals surface area contributed by atoms with Crippen LogP contribution in [0.3, 0.4) is 0 Å². The predicted octanol–water partition coefficient (Wildman–Crippen LogP) is 3.56. The summed E-state index contributed by atoms with van der Waals surface area (Å²) in [6, 6.07) is 8.95. The van der Waals surface area contributed by atoms with E-state index in [0.29, 0.717) is 17.9 Å². The fourth-order valence-corrected chi connectivity index (χ4v) is 1.87. The highest BCUT2D eigenvalue weighted by atomic mass is 35.5. The van der Waals surface area contributed by atoms with Crippen LogP contribution in [-0.4, -0.2) is 17.4 Å². The predicted molar refractivity (Wildman–Crippen MR) is 77.8 cm³/mol. The topological polar surface area (TPSA) is 54.0 Å². The van der Waals surface area contributed by atoms with Crippen LogP contribution in [0.25, 0.3) is 0 Å². The summed E-state index contributed by atoms with van der Waals surface area (Å²) in [4.78, 5) is 16.1. The largest absolute Gasteiger partial charge is 0.370 e. The molecule has 1 amide bonds. The van der Waals surface area contributed by atoms with E-state index >= 15 is 0 Å². The van der Waals surface area contributed by atoms with Crippen LogP contribution in [0.2, 0.25) is 5.15 Å². The minimum atomic E-state index is -0.493.